The van der Waals surface area contributed by atoms with Gasteiger partial charge >= 0.3 is 0 Å². The molecule has 1 unspecified atom stereocenters. The lowest BCUT2D eigenvalue weighted by atomic mass is 10.1. The predicted molar refractivity (Wildman–Crippen MR) is 71.3 cm³/mol. The second-order valence-electron chi connectivity index (χ2n) is 4.66. The molecule has 0 spiro atoms. The van der Waals surface area contributed by atoms with Crippen LogP contribution < -0.4 is 10.0 Å². The molecule has 1 aliphatic heterocycles. The molecule has 20 heavy (non-hydrogen) atoms. The molecule has 0 aromatic heterocycles. The minimum Gasteiger partial charge on any atom is -0.314 e. The Kier molecular flexibility index (Phi) is 4.69. The van der Waals surface area contributed by atoms with Crippen LogP contribution in [0.4, 0.5) is 8.78 Å². The van der Waals surface area contributed by atoms with Gasteiger partial charge in [-0.1, -0.05) is 0 Å². The van der Waals surface area contributed by atoms with E-state index in [1.165, 1.54) is 11.2 Å². The van der Waals surface area contributed by atoms with E-state index in [1.54, 1.807) is 0 Å². The summed E-state index contributed by atoms with van der Waals surface area (Å²) in [5.74, 6) is -1.24. The Labute approximate surface area is 117 Å². The molecular weight excluding hydrogens is 288 g/mol. The molecule has 0 amide bonds. The molecule has 0 bridgehead atoms. The zero-order valence-corrected chi connectivity index (χ0v) is 11.9. The molecule has 112 valence electrons. The fraction of sp³-hybridized carbons (Fsp3) is 0.500. The van der Waals surface area contributed by atoms with Crippen molar-refractivity contribution in [3.63, 3.8) is 0 Å². The average Bonchev–Trinajstić information content (AvgIpc) is 2.42. The minimum atomic E-state index is -3.71. The van der Waals surface area contributed by atoms with Gasteiger partial charge in [-0.25, -0.2) is 8.78 Å². The number of benzene rings is 1. The van der Waals surface area contributed by atoms with E-state index in [0.717, 1.165) is 18.2 Å². The van der Waals surface area contributed by atoms with Crippen molar-refractivity contribution < 1.29 is 17.2 Å². The van der Waals surface area contributed by atoms with Crippen LogP contribution in [0.1, 0.15) is 18.5 Å². The molecule has 1 aromatic rings. The van der Waals surface area contributed by atoms with Gasteiger partial charge < -0.3 is 5.32 Å². The van der Waals surface area contributed by atoms with E-state index in [4.69, 9.17) is 0 Å². The molecule has 0 aliphatic carbocycles. The van der Waals surface area contributed by atoms with Gasteiger partial charge in [0.1, 0.15) is 11.6 Å². The van der Waals surface area contributed by atoms with Crippen LogP contribution in [0.2, 0.25) is 0 Å². The first-order valence-corrected chi connectivity index (χ1v) is 7.77. The highest BCUT2D eigenvalue weighted by atomic mass is 32.2. The molecule has 0 radical (unpaired) electrons. The summed E-state index contributed by atoms with van der Waals surface area (Å²) >= 11 is 0. The van der Waals surface area contributed by atoms with Gasteiger partial charge in [-0.2, -0.15) is 17.4 Å². The van der Waals surface area contributed by atoms with E-state index in [2.05, 4.69) is 10.0 Å². The third-order valence-electron chi connectivity index (χ3n) is 3.17. The van der Waals surface area contributed by atoms with Crippen LogP contribution in [0.15, 0.2) is 18.2 Å². The summed E-state index contributed by atoms with van der Waals surface area (Å²) in [5, 5.41) is 3.04. The number of rotatable bonds is 4. The third kappa shape index (κ3) is 3.51. The van der Waals surface area contributed by atoms with Crippen molar-refractivity contribution >= 4 is 10.2 Å². The quantitative estimate of drug-likeness (QED) is 0.863. The molecule has 1 saturated heterocycles. The van der Waals surface area contributed by atoms with Crippen molar-refractivity contribution in [3.05, 3.63) is 35.4 Å². The van der Waals surface area contributed by atoms with E-state index in [9.17, 15) is 17.2 Å². The smallest absolute Gasteiger partial charge is 0.280 e. The molecule has 0 saturated carbocycles. The number of nitrogens with one attached hydrogen (secondary N) is 2. The highest BCUT2D eigenvalue weighted by Gasteiger charge is 2.26. The van der Waals surface area contributed by atoms with Crippen LogP contribution in [-0.4, -0.2) is 38.9 Å². The van der Waals surface area contributed by atoms with E-state index in [-0.39, 0.29) is 5.56 Å². The van der Waals surface area contributed by atoms with Crippen LogP contribution in [0, 0.1) is 11.6 Å². The normalized spacial score (nSPS) is 18.9. The largest absolute Gasteiger partial charge is 0.314 e. The maximum Gasteiger partial charge on any atom is 0.280 e. The molecular formula is C12H17F2N3O2S. The van der Waals surface area contributed by atoms with Crippen molar-refractivity contribution in [2.24, 2.45) is 0 Å². The average molecular weight is 305 g/mol. The number of hydrogen-bond donors (Lipinski definition) is 2. The van der Waals surface area contributed by atoms with E-state index in [0.29, 0.717) is 26.2 Å². The third-order valence-corrected chi connectivity index (χ3v) is 4.86. The van der Waals surface area contributed by atoms with Gasteiger partial charge in [-0.05, 0) is 25.1 Å². The SMILES string of the molecule is CC(NS(=O)(=O)N1CCNCC1)c1cc(F)ccc1F. The van der Waals surface area contributed by atoms with E-state index < -0.39 is 27.9 Å². The van der Waals surface area contributed by atoms with Gasteiger partial charge in [-0.15, -0.1) is 0 Å². The highest BCUT2D eigenvalue weighted by Crippen LogP contribution is 2.19. The van der Waals surface area contributed by atoms with Gasteiger partial charge in [0.2, 0.25) is 0 Å². The van der Waals surface area contributed by atoms with Crippen LogP contribution in [-0.2, 0) is 10.2 Å². The first kappa shape index (κ1) is 15.3. The molecule has 5 nitrogen and oxygen atoms in total. The zero-order valence-electron chi connectivity index (χ0n) is 11.1. The van der Waals surface area contributed by atoms with Gasteiger partial charge in [0.15, 0.2) is 0 Å². The molecule has 1 aromatic carbocycles. The first-order valence-electron chi connectivity index (χ1n) is 6.33. The standard InChI is InChI=1S/C12H17F2N3O2S/c1-9(11-8-10(13)2-3-12(11)14)16-20(18,19)17-6-4-15-5-7-17/h2-3,8-9,15-16H,4-7H2,1H3. The predicted octanol–water partition coefficient (Wildman–Crippen LogP) is 0.765. The summed E-state index contributed by atoms with van der Waals surface area (Å²) in [7, 11) is -3.71. The summed E-state index contributed by atoms with van der Waals surface area (Å²) in [4.78, 5) is 0. The van der Waals surface area contributed by atoms with E-state index in [1.807, 2.05) is 0 Å². The Morgan fingerprint density at radius 1 is 1.30 bits per heavy atom. The lowest BCUT2D eigenvalue weighted by Crippen LogP contribution is -2.50. The van der Waals surface area contributed by atoms with Crippen LogP contribution >= 0.6 is 0 Å². The summed E-state index contributed by atoms with van der Waals surface area (Å²) in [6.45, 7) is 3.34. The highest BCUT2D eigenvalue weighted by molar-refractivity contribution is 7.87. The van der Waals surface area contributed by atoms with Crippen molar-refractivity contribution in [1.82, 2.24) is 14.3 Å². The monoisotopic (exact) mass is 305 g/mol. The Balaban J connectivity index is 2.13. The fourth-order valence-electron chi connectivity index (χ4n) is 2.09. The summed E-state index contributed by atoms with van der Waals surface area (Å²) in [6, 6.07) is 2.14. The minimum absolute atomic E-state index is 0.0105. The van der Waals surface area contributed by atoms with Gasteiger partial charge in [-0.3, -0.25) is 0 Å². The summed E-state index contributed by atoms with van der Waals surface area (Å²) in [6.07, 6.45) is 0. The van der Waals surface area contributed by atoms with Gasteiger partial charge in [0, 0.05) is 37.8 Å². The topological polar surface area (TPSA) is 61.4 Å². The van der Waals surface area contributed by atoms with Crippen molar-refractivity contribution in [2.45, 2.75) is 13.0 Å². The van der Waals surface area contributed by atoms with Crippen LogP contribution in [0.25, 0.3) is 0 Å². The zero-order chi connectivity index (χ0) is 14.8. The molecule has 1 fully saturated rings. The Morgan fingerprint density at radius 2 is 1.95 bits per heavy atom. The lowest BCUT2D eigenvalue weighted by molar-refractivity contribution is 0.352. The lowest BCUT2D eigenvalue weighted by Gasteiger charge is -2.28. The molecule has 1 aliphatic rings. The van der Waals surface area contributed by atoms with Crippen LogP contribution in [0.3, 0.4) is 0 Å². The maximum atomic E-state index is 13.6. The summed E-state index contributed by atoms with van der Waals surface area (Å²) < 4.78 is 54.7. The summed E-state index contributed by atoms with van der Waals surface area (Å²) in [5.41, 5.74) is -0.0105. The van der Waals surface area contributed by atoms with Crippen molar-refractivity contribution in [3.8, 4) is 0 Å². The first-order chi connectivity index (χ1) is 9.40. The molecule has 2 N–H and O–H groups in total. The molecule has 1 heterocycles. The molecule has 1 atom stereocenters. The second-order valence-corrected chi connectivity index (χ2v) is 6.36. The van der Waals surface area contributed by atoms with E-state index >= 15 is 0 Å². The van der Waals surface area contributed by atoms with Gasteiger partial charge in [0.25, 0.3) is 10.2 Å². The van der Waals surface area contributed by atoms with Gasteiger partial charge in [0.05, 0.1) is 0 Å². The number of hydrogen-bond acceptors (Lipinski definition) is 3. The fourth-order valence-corrected chi connectivity index (χ4v) is 3.48. The van der Waals surface area contributed by atoms with Crippen molar-refractivity contribution in [1.29, 1.82) is 0 Å². The molecule has 2 rings (SSSR count). The number of halogens is 2. The van der Waals surface area contributed by atoms with Crippen molar-refractivity contribution in [2.75, 3.05) is 26.2 Å². The second kappa shape index (κ2) is 6.13. The number of nitrogens with zero attached hydrogens (tertiary/aromatic N) is 1. The molecule has 8 heteroatoms. The number of piperazine rings is 1. The maximum absolute atomic E-state index is 13.6. The Hall–Kier alpha value is -1.09. The Morgan fingerprint density at radius 3 is 2.60 bits per heavy atom. The Bertz CT molecular complexity index is 574. The van der Waals surface area contributed by atoms with Crippen LogP contribution in [0.5, 0.6) is 0 Å².